The Hall–Kier alpha value is -2.77. The van der Waals surface area contributed by atoms with Crippen LogP contribution in [-0.4, -0.2) is 40.6 Å². The van der Waals surface area contributed by atoms with Crippen molar-refractivity contribution >= 4 is 23.5 Å². The molecule has 2 aliphatic carbocycles. The van der Waals surface area contributed by atoms with Gasteiger partial charge in [0.25, 0.3) is 11.7 Å². The minimum absolute atomic E-state index is 0.286. The van der Waals surface area contributed by atoms with Crippen LogP contribution in [0.3, 0.4) is 0 Å². The van der Waals surface area contributed by atoms with Crippen LogP contribution in [0.1, 0.15) is 57.8 Å². The average molecular weight is 399 g/mol. The van der Waals surface area contributed by atoms with E-state index >= 15 is 0 Å². The molecule has 2 heterocycles. The van der Waals surface area contributed by atoms with Crippen LogP contribution < -0.4 is 20.1 Å². The van der Waals surface area contributed by atoms with Gasteiger partial charge < -0.3 is 20.1 Å². The molecule has 2 N–H and O–H groups in total. The molecule has 8 nitrogen and oxygen atoms in total. The van der Waals surface area contributed by atoms with E-state index in [0.29, 0.717) is 30.0 Å². The third-order valence-corrected chi connectivity index (χ3v) is 6.44. The zero-order valence-electron chi connectivity index (χ0n) is 16.3. The van der Waals surface area contributed by atoms with Crippen molar-refractivity contribution < 1.29 is 23.9 Å². The first kappa shape index (κ1) is 18.3. The fourth-order valence-corrected chi connectivity index (χ4v) is 4.95. The summed E-state index contributed by atoms with van der Waals surface area (Å²) in [5.41, 5.74) is -0.268. The Balaban J connectivity index is 1.24. The quantitative estimate of drug-likeness (QED) is 0.762. The van der Waals surface area contributed by atoms with Gasteiger partial charge in [-0.15, -0.1) is 0 Å². The molecule has 1 aromatic rings. The largest absolute Gasteiger partial charge is 0.448 e. The number of benzene rings is 1. The molecule has 8 heteroatoms. The number of hydrogen-bond donors (Lipinski definition) is 2. The maximum atomic E-state index is 12.8. The van der Waals surface area contributed by atoms with Gasteiger partial charge in [0.15, 0.2) is 11.5 Å². The van der Waals surface area contributed by atoms with Gasteiger partial charge in [-0.25, -0.2) is 4.79 Å². The summed E-state index contributed by atoms with van der Waals surface area (Å²) in [5.74, 6) is 0.0281. The van der Waals surface area contributed by atoms with E-state index in [9.17, 15) is 14.4 Å². The highest BCUT2D eigenvalue weighted by molar-refractivity contribution is 6.10. The highest BCUT2D eigenvalue weighted by atomic mass is 16.7. The van der Waals surface area contributed by atoms with Gasteiger partial charge in [-0.1, -0.05) is 19.3 Å². The molecule has 2 spiro atoms. The van der Waals surface area contributed by atoms with Crippen LogP contribution in [0, 0.1) is 0 Å². The Morgan fingerprint density at radius 3 is 2.45 bits per heavy atom. The number of rotatable bonds is 3. The molecule has 0 atom stereocenters. The Morgan fingerprint density at radius 1 is 1.00 bits per heavy atom. The average Bonchev–Trinajstić information content (AvgIpc) is 3.36. The summed E-state index contributed by atoms with van der Waals surface area (Å²) in [5, 5.41) is 5.58. The molecule has 154 valence electrons. The van der Waals surface area contributed by atoms with E-state index in [1.165, 1.54) is 0 Å². The number of nitrogens with one attached hydrogen (secondary N) is 2. The number of carbonyl (C=O) groups excluding carboxylic acids is 3. The van der Waals surface area contributed by atoms with E-state index in [1.807, 2.05) is 0 Å². The number of anilines is 1. The van der Waals surface area contributed by atoms with Crippen LogP contribution in [0.15, 0.2) is 18.2 Å². The molecule has 4 amide bonds. The van der Waals surface area contributed by atoms with Crippen LogP contribution in [0.25, 0.3) is 0 Å². The zero-order valence-corrected chi connectivity index (χ0v) is 16.3. The highest BCUT2D eigenvalue weighted by Crippen LogP contribution is 2.47. The molecule has 1 saturated heterocycles. The monoisotopic (exact) mass is 399 g/mol. The van der Waals surface area contributed by atoms with Gasteiger partial charge in [-0.3, -0.25) is 14.5 Å². The van der Waals surface area contributed by atoms with Crippen LogP contribution in [0.4, 0.5) is 10.5 Å². The molecule has 2 aliphatic heterocycles. The van der Waals surface area contributed by atoms with Gasteiger partial charge in [-0.2, -0.15) is 0 Å². The van der Waals surface area contributed by atoms with Gasteiger partial charge in [0, 0.05) is 24.6 Å². The maximum absolute atomic E-state index is 12.8. The van der Waals surface area contributed by atoms with E-state index in [1.54, 1.807) is 18.2 Å². The first-order valence-corrected chi connectivity index (χ1v) is 10.4. The second-order valence-corrected chi connectivity index (χ2v) is 8.50. The van der Waals surface area contributed by atoms with Crippen LogP contribution in [0.5, 0.6) is 11.5 Å². The van der Waals surface area contributed by atoms with Crippen molar-refractivity contribution in [3.05, 3.63) is 18.2 Å². The van der Waals surface area contributed by atoms with Gasteiger partial charge >= 0.3 is 6.03 Å². The first-order valence-electron chi connectivity index (χ1n) is 10.4. The Bertz CT molecular complexity index is 871. The summed E-state index contributed by atoms with van der Waals surface area (Å²) in [7, 11) is 0. The number of amides is 4. The van der Waals surface area contributed by atoms with E-state index in [2.05, 4.69) is 10.6 Å². The molecule has 0 unspecified atom stereocenters. The third-order valence-electron chi connectivity index (χ3n) is 6.44. The van der Waals surface area contributed by atoms with Crippen molar-refractivity contribution in [1.29, 1.82) is 0 Å². The summed E-state index contributed by atoms with van der Waals surface area (Å²) in [6.45, 7) is -0.301. The first-order chi connectivity index (χ1) is 14.0. The van der Waals surface area contributed by atoms with E-state index in [0.717, 1.165) is 49.8 Å². The van der Waals surface area contributed by atoms with Crippen LogP contribution in [-0.2, 0) is 9.59 Å². The normalized spacial score (nSPS) is 23.7. The zero-order chi connectivity index (χ0) is 20.1. The lowest BCUT2D eigenvalue weighted by Crippen LogP contribution is -2.48. The molecule has 3 fully saturated rings. The number of hydrogen-bond acceptors (Lipinski definition) is 5. The van der Waals surface area contributed by atoms with Crippen molar-refractivity contribution in [2.24, 2.45) is 0 Å². The van der Waals surface area contributed by atoms with Crippen LogP contribution in [0.2, 0.25) is 0 Å². The lowest BCUT2D eigenvalue weighted by molar-refractivity contribution is -0.134. The Kier molecular flexibility index (Phi) is 4.18. The molecule has 2 saturated carbocycles. The predicted octanol–water partition coefficient (Wildman–Crippen LogP) is 2.92. The molecule has 4 aliphatic rings. The van der Waals surface area contributed by atoms with Gasteiger partial charge in [0.1, 0.15) is 12.1 Å². The minimum atomic E-state index is -0.816. The molecule has 0 radical (unpaired) electrons. The fraction of sp³-hybridized carbons (Fsp3) is 0.571. The highest BCUT2D eigenvalue weighted by Gasteiger charge is 2.51. The SMILES string of the molecule is O=C(CN1C(=O)NC2(CCCCC2)C1=O)Nc1ccc2c(c1)OC1(CCCC1)O2. The number of carbonyl (C=O) groups is 3. The number of urea groups is 1. The molecule has 29 heavy (non-hydrogen) atoms. The summed E-state index contributed by atoms with van der Waals surface area (Å²) in [6, 6.07) is 4.76. The summed E-state index contributed by atoms with van der Waals surface area (Å²) < 4.78 is 12.0. The van der Waals surface area contributed by atoms with Gasteiger partial charge in [-0.05, 0) is 37.8 Å². The number of imide groups is 1. The number of ether oxygens (including phenoxy) is 2. The minimum Gasteiger partial charge on any atom is -0.448 e. The van der Waals surface area contributed by atoms with Gasteiger partial charge in [0.05, 0.1) is 0 Å². The molecular weight excluding hydrogens is 374 g/mol. The predicted molar refractivity (Wildman–Crippen MR) is 104 cm³/mol. The summed E-state index contributed by atoms with van der Waals surface area (Å²) in [4.78, 5) is 38.7. The molecule has 0 aromatic heterocycles. The molecule has 5 rings (SSSR count). The van der Waals surface area contributed by atoms with Crippen molar-refractivity contribution in [2.75, 3.05) is 11.9 Å². The Labute approximate surface area is 168 Å². The van der Waals surface area contributed by atoms with Crippen LogP contribution >= 0.6 is 0 Å². The van der Waals surface area contributed by atoms with E-state index in [4.69, 9.17) is 9.47 Å². The van der Waals surface area contributed by atoms with E-state index in [-0.39, 0.29) is 12.5 Å². The standard InChI is InChI=1S/C21H25N3O5/c25-17(13-24-18(26)20(23-19(24)27)8-2-1-3-9-20)22-14-6-7-15-16(12-14)29-21(28-15)10-4-5-11-21/h6-7,12H,1-5,8-11,13H2,(H,22,25)(H,23,27). The van der Waals surface area contributed by atoms with Crippen molar-refractivity contribution in [2.45, 2.75) is 69.1 Å². The fourth-order valence-electron chi connectivity index (χ4n) is 4.95. The van der Waals surface area contributed by atoms with Crippen molar-refractivity contribution in [3.63, 3.8) is 0 Å². The van der Waals surface area contributed by atoms with Crippen molar-refractivity contribution in [1.82, 2.24) is 10.2 Å². The molecule has 1 aromatic carbocycles. The second-order valence-electron chi connectivity index (χ2n) is 8.50. The Morgan fingerprint density at radius 2 is 1.69 bits per heavy atom. The van der Waals surface area contributed by atoms with E-state index < -0.39 is 23.3 Å². The summed E-state index contributed by atoms with van der Waals surface area (Å²) in [6.07, 6.45) is 8.02. The molecule has 0 bridgehead atoms. The topological polar surface area (TPSA) is 97.0 Å². The lowest BCUT2D eigenvalue weighted by atomic mass is 9.82. The lowest BCUT2D eigenvalue weighted by Gasteiger charge is -2.30. The third kappa shape index (κ3) is 3.10. The van der Waals surface area contributed by atoms with Gasteiger partial charge in [0.2, 0.25) is 5.91 Å². The summed E-state index contributed by atoms with van der Waals surface area (Å²) >= 11 is 0. The number of nitrogens with zero attached hydrogens (tertiary/aromatic N) is 1. The van der Waals surface area contributed by atoms with Crippen molar-refractivity contribution in [3.8, 4) is 11.5 Å². The second kappa shape index (κ2) is 6.64. The smallest absolute Gasteiger partial charge is 0.325 e. The number of fused-ring (bicyclic) bond motifs is 1. The maximum Gasteiger partial charge on any atom is 0.325 e. The molecular formula is C21H25N3O5.